The van der Waals surface area contributed by atoms with Gasteiger partial charge in [0.15, 0.2) is 6.17 Å². The number of fused-ring (bicyclic) bond motifs is 1. The fourth-order valence-electron chi connectivity index (χ4n) is 6.79. The number of halogens is 3. The minimum absolute atomic E-state index is 0.0174. The highest BCUT2D eigenvalue weighted by atomic mass is 79.9. The van der Waals surface area contributed by atoms with E-state index in [0.29, 0.717) is 11.8 Å². The predicted molar refractivity (Wildman–Crippen MR) is 186 cm³/mol. The zero-order chi connectivity index (χ0) is 36.6. The number of hydrogen-bond acceptors (Lipinski definition) is 6. The molecule has 0 N–H and O–H groups in total. The number of ether oxygens (including phenoxy) is 2. The lowest BCUT2D eigenvalue weighted by molar-refractivity contribution is -0.190. The maximum absolute atomic E-state index is 15.4. The Kier molecular flexibility index (Phi) is 11.1. The third-order valence-electron chi connectivity index (χ3n) is 9.77. The van der Waals surface area contributed by atoms with E-state index in [-0.39, 0.29) is 38.0 Å². The number of nitrogens with zero attached hydrogens (tertiary/aromatic N) is 2. The molecule has 1 aliphatic carbocycles. The van der Waals surface area contributed by atoms with Crippen LogP contribution in [0.2, 0.25) is 0 Å². The Bertz CT molecular complexity index is 1530. The van der Waals surface area contributed by atoms with Gasteiger partial charge in [0.25, 0.3) is 11.8 Å². The third kappa shape index (κ3) is 7.42. The van der Waals surface area contributed by atoms with Gasteiger partial charge in [-0.2, -0.15) is 0 Å². The quantitative estimate of drug-likeness (QED) is 0.206. The molecular weight excluding hydrogens is 698 g/mol. The van der Waals surface area contributed by atoms with Gasteiger partial charge < -0.3 is 19.3 Å². The van der Waals surface area contributed by atoms with Crippen molar-refractivity contribution in [3.63, 3.8) is 0 Å². The van der Waals surface area contributed by atoms with Crippen LogP contribution in [0.5, 0.6) is 0 Å². The molecule has 3 fully saturated rings. The number of carbonyl (C=O) groups excluding carboxylic acids is 4. The molecule has 0 spiro atoms. The molecule has 268 valence electrons. The molecule has 5 rings (SSSR count). The van der Waals surface area contributed by atoms with Crippen molar-refractivity contribution in [3.05, 3.63) is 71.8 Å². The molecule has 8 nitrogen and oxygen atoms in total. The summed E-state index contributed by atoms with van der Waals surface area (Å²) in [7, 11) is 0. The van der Waals surface area contributed by atoms with Crippen LogP contribution in [-0.4, -0.2) is 75.0 Å². The first-order valence-electron chi connectivity index (χ1n) is 16.8. The van der Waals surface area contributed by atoms with Gasteiger partial charge in [0.1, 0.15) is 22.0 Å². The van der Waals surface area contributed by atoms with Crippen molar-refractivity contribution in [2.75, 3.05) is 18.4 Å². The Morgan fingerprint density at radius 1 is 0.816 bits per heavy atom. The minimum Gasteiger partial charge on any atom is -0.459 e. The van der Waals surface area contributed by atoms with Gasteiger partial charge in [-0.15, -0.1) is 0 Å². The minimum atomic E-state index is -2.13. The Morgan fingerprint density at radius 2 is 1.29 bits per heavy atom. The molecule has 2 saturated heterocycles. The second-order valence-corrected chi connectivity index (χ2v) is 16.2. The van der Waals surface area contributed by atoms with E-state index in [9.17, 15) is 19.2 Å². The maximum Gasteiger partial charge on any atom is 0.318 e. The number of alkyl halides is 3. The van der Waals surface area contributed by atoms with Crippen LogP contribution in [0.3, 0.4) is 0 Å². The standard InChI is InChI=1S/C19H25BrFNO3.C19H24FNO3/c1-13(14-8-6-5-7-9-14)22-12-19(10-11-20,15(21)16(22)23)17(24)25-18(2,3)4;1-13(14-8-6-5-7-9-14)21-12-18(16(23)24-17(2,3)4)10-11-19(18,20)15(21)22/h5-9,13,15H,10-12H2,1-4H3;5-9,13H,10-12H2,1-4H3/t13-,15?,19-;13-,18+,19+/m11/s1. The lowest BCUT2D eigenvalue weighted by Gasteiger charge is -2.45. The Labute approximate surface area is 297 Å². The molecular formula is C38H49BrF2N2O6. The SMILES string of the molecule is C[C@H](c1ccccc1)N1C[C@@](CCBr)(C(=O)OC(C)(C)C)C(F)C1=O.C[C@H](c1ccccc1)N1C[C@]2(C(=O)OC(C)(C)C)CC[C@]2(F)C1=O. The summed E-state index contributed by atoms with van der Waals surface area (Å²) in [6, 6.07) is 18.3. The number of hydrogen-bond donors (Lipinski definition) is 0. The van der Waals surface area contributed by atoms with Gasteiger partial charge in [-0.1, -0.05) is 76.6 Å². The van der Waals surface area contributed by atoms with E-state index in [1.165, 1.54) is 9.80 Å². The van der Waals surface area contributed by atoms with E-state index in [2.05, 4.69) is 15.9 Å². The van der Waals surface area contributed by atoms with Gasteiger partial charge in [-0.3, -0.25) is 19.2 Å². The normalized spacial score (nSPS) is 27.8. The van der Waals surface area contributed by atoms with Crippen LogP contribution in [0.4, 0.5) is 8.78 Å². The molecule has 49 heavy (non-hydrogen) atoms. The fourth-order valence-corrected chi connectivity index (χ4v) is 7.50. The number of esters is 2. The number of benzene rings is 2. The lowest BCUT2D eigenvalue weighted by atomic mass is 9.59. The molecule has 2 aliphatic heterocycles. The molecule has 1 saturated carbocycles. The highest BCUT2D eigenvalue weighted by Crippen LogP contribution is 2.60. The molecule has 6 atom stereocenters. The van der Waals surface area contributed by atoms with E-state index in [0.717, 1.165) is 11.1 Å². The van der Waals surface area contributed by atoms with Gasteiger partial charge in [0.2, 0.25) is 5.67 Å². The molecule has 0 radical (unpaired) electrons. The predicted octanol–water partition coefficient (Wildman–Crippen LogP) is 7.46. The van der Waals surface area contributed by atoms with Crippen molar-refractivity contribution in [2.24, 2.45) is 10.8 Å². The van der Waals surface area contributed by atoms with Gasteiger partial charge in [0.05, 0.1) is 12.1 Å². The smallest absolute Gasteiger partial charge is 0.318 e. The average molecular weight is 748 g/mol. The summed E-state index contributed by atoms with van der Waals surface area (Å²) < 4.78 is 41.3. The molecule has 2 heterocycles. The summed E-state index contributed by atoms with van der Waals surface area (Å²) in [5, 5.41) is 0.410. The van der Waals surface area contributed by atoms with Crippen LogP contribution in [0.25, 0.3) is 0 Å². The van der Waals surface area contributed by atoms with Crippen molar-refractivity contribution >= 4 is 39.7 Å². The third-order valence-corrected chi connectivity index (χ3v) is 10.2. The zero-order valence-electron chi connectivity index (χ0n) is 29.7. The second-order valence-electron chi connectivity index (χ2n) is 15.4. The van der Waals surface area contributed by atoms with E-state index >= 15 is 8.78 Å². The highest BCUT2D eigenvalue weighted by Gasteiger charge is 2.76. The summed E-state index contributed by atoms with van der Waals surface area (Å²) in [5.74, 6) is -2.48. The summed E-state index contributed by atoms with van der Waals surface area (Å²) in [6.45, 7) is 14.3. The first kappa shape index (κ1) is 38.5. The summed E-state index contributed by atoms with van der Waals surface area (Å²) in [6.07, 6.45) is -1.26. The van der Waals surface area contributed by atoms with Crippen LogP contribution in [0, 0.1) is 10.8 Å². The largest absolute Gasteiger partial charge is 0.459 e. The molecule has 1 unspecified atom stereocenters. The van der Waals surface area contributed by atoms with Crippen LogP contribution >= 0.6 is 15.9 Å². The molecule has 11 heteroatoms. The van der Waals surface area contributed by atoms with Crippen molar-refractivity contribution in [1.82, 2.24) is 9.80 Å². The van der Waals surface area contributed by atoms with Crippen LogP contribution in [-0.2, 0) is 28.7 Å². The van der Waals surface area contributed by atoms with Gasteiger partial charge in [-0.25, -0.2) is 8.78 Å². The molecule has 2 aromatic rings. The Hall–Kier alpha value is -3.34. The van der Waals surface area contributed by atoms with Crippen molar-refractivity contribution < 1.29 is 37.4 Å². The van der Waals surface area contributed by atoms with Crippen molar-refractivity contribution in [1.29, 1.82) is 0 Å². The van der Waals surface area contributed by atoms with E-state index in [1.807, 2.05) is 74.5 Å². The van der Waals surface area contributed by atoms with Crippen LogP contribution in [0.1, 0.15) is 97.9 Å². The first-order chi connectivity index (χ1) is 22.7. The van der Waals surface area contributed by atoms with E-state index in [4.69, 9.17) is 9.47 Å². The Morgan fingerprint density at radius 3 is 1.71 bits per heavy atom. The molecule has 0 bridgehead atoms. The number of rotatable bonds is 8. The zero-order valence-corrected chi connectivity index (χ0v) is 31.3. The van der Waals surface area contributed by atoms with Gasteiger partial charge in [0, 0.05) is 18.4 Å². The first-order valence-corrected chi connectivity index (χ1v) is 17.9. The van der Waals surface area contributed by atoms with Crippen molar-refractivity contribution in [3.8, 4) is 0 Å². The van der Waals surface area contributed by atoms with E-state index in [1.54, 1.807) is 41.5 Å². The second kappa shape index (κ2) is 14.1. The summed E-state index contributed by atoms with van der Waals surface area (Å²) >= 11 is 3.29. The summed E-state index contributed by atoms with van der Waals surface area (Å²) in [5.41, 5.74) is -4.58. The fraction of sp³-hybridized carbons (Fsp3) is 0.579. The molecule has 3 aliphatic rings. The molecule has 2 amide bonds. The van der Waals surface area contributed by atoms with Gasteiger partial charge >= 0.3 is 11.9 Å². The van der Waals surface area contributed by atoms with E-state index < -0.39 is 57.6 Å². The highest BCUT2D eigenvalue weighted by molar-refractivity contribution is 9.09. The average Bonchev–Trinajstić information content (AvgIpc) is 3.37. The maximum atomic E-state index is 15.4. The van der Waals surface area contributed by atoms with Crippen molar-refractivity contribution in [2.45, 2.75) is 110 Å². The monoisotopic (exact) mass is 746 g/mol. The topological polar surface area (TPSA) is 93.2 Å². The molecule has 2 aromatic carbocycles. The number of carbonyl (C=O) groups is 4. The summed E-state index contributed by atoms with van der Waals surface area (Å²) in [4.78, 5) is 53.7. The van der Waals surface area contributed by atoms with Gasteiger partial charge in [-0.05, 0) is 85.8 Å². The van der Waals surface area contributed by atoms with Crippen LogP contribution in [0.15, 0.2) is 60.7 Å². The number of amides is 2. The van der Waals surface area contributed by atoms with Crippen LogP contribution < -0.4 is 0 Å². The Balaban J connectivity index is 0.000000221. The lowest BCUT2D eigenvalue weighted by Crippen LogP contribution is -2.60. The molecule has 0 aromatic heterocycles. The number of likely N-dealkylation sites (tertiary alicyclic amines) is 2.